The molecule has 3 nitrogen and oxygen atoms in total. The first-order valence-electron chi connectivity index (χ1n) is 5.84. The van der Waals surface area contributed by atoms with Crippen molar-refractivity contribution in [2.45, 2.75) is 38.1 Å². The van der Waals surface area contributed by atoms with E-state index in [1.54, 1.807) is 0 Å². The molecule has 1 saturated heterocycles. The Morgan fingerprint density at radius 3 is 2.44 bits per heavy atom. The van der Waals surface area contributed by atoms with Crippen LogP contribution in [0.3, 0.4) is 0 Å². The summed E-state index contributed by atoms with van der Waals surface area (Å²) in [5, 5.41) is 3.12. The van der Waals surface area contributed by atoms with Gasteiger partial charge >= 0.3 is 0 Å². The van der Waals surface area contributed by atoms with Crippen molar-refractivity contribution in [3.63, 3.8) is 0 Å². The number of hydrogen-bond acceptors (Lipinski definition) is 3. The van der Waals surface area contributed by atoms with Crippen molar-refractivity contribution in [3.8, 4) is 0 Å². The fourth-order valence-electron chi connectivity index (χ4n) is 2.28. The molecule has 0 spiro atoms. The average Bonchev–Trinajstić information content (AvgIpc) is 2.16. The molecule has 0 aromatic heterocycles. The van der Waals surface area contributed by atoms with Crippen LogP contribution in [0.4, 0.5) is 0 Å². The first kappa shape index (κ1) is 12.2. The molecule has 1 aliphatic carbocycles. The smallest absolute Gasteiger partial charge is 0.233 e. The molecule has 2 rings (SSSR count). The Hall–Kier alpha value is -0.290. The quantitative estimate of drug-likeness (QED) is 0.753. The van der Waals surface area contributed by atoms with E-state index < -0.39 is 5.41 Å². The van der Waals surface area contributed by atoms with Crippen molar-refractivity contribution >= 4 is 34.9 Å². The molecule has 1 heterocycles. The number of carbonyl (C=O) groups excluding carboxylic acids is 1. The van der Waals surface area contributed by atoms with Gasteiger partial charge in [-0.05, 0) is 37.2 Å². The van der Waals surface area contributed by atoms with Gasteiger partial charge in [0.25, 0.3) is 0 Å². The average molecular weight is 258 g/mol. The van der Waals surface area contributed by atoms with Gasteiger partial charge < -0.3 is 11.1 Å². The molecule has 90 valence electrons. The predicted molar refractivity (Wildman–Crippen MR) is 71.6 cm³/mol. The Labute approximate surface area is 106 Å². The molecule has 2 aliphatic rings. The van der Waals surface area contributed by atoms with Crippen molar-refractivity contribution < 1.29 is 4.79 Å². The molecule has 1 amide bonds. The van der Waals surface area contributed by atoms with Crippen LogP contribution in [-0.2, 0) is 4.79 Å². The largest absolute Gasteiger partial charge is 0.392 e. The van der Waals surface area contributed by atoms with Gasteiger partial charge in [0.2, 0.25) is 5.91 Å². The number of hydrogen-bond donors (Lipinski definition) is 2. The molecule has 0 unspecified atom stereocenters. The molecule has 0 bridgehead atoms. The van der Waals surface area contributed by atoms with Gasteiger partial charge in [0.15, 0.2) is 0 Å². The zero-order valence-corrected chi connectivity index (χ0v) is 11.0. The number of thioether (sulfide) groups is 1. The van der Waals surface area contributed by atoms with Gasteiger partial charge in [-0.3, -0.25) is 4.79 Å². The Morgan fingerprint density at radius 1 is 1.38 bits per heavy atom. The molecule has 0 atom stereocenters. The Morgan fingerprint density at radius 2 is 2.00 bits per heavy atom. The summed E-state index contributed by atoms with van der Waals surface area (Å²) >= 11 is 7.00. The van der Waals surface area contributed by atoms with Crippen LogP contribution < -0.4 is 11.1 Å². The van der Waals surface area contributed by atoms with E-state index in [1.807, 2.05) is 11.8 Å². The summed E-state index contributed by atoms with van der Waals surface area (Å²) in [4.78, 5) is 12.5. The highest BCUT2D eigenvalue weighted by Gasteiger charge is 2.47. The van der Waals surface area contributed by atoms with Gasteiger partial charge in [0, 0.05) is 6.04 Å². The Bertz CT molecular complexity index is 296. The topological polar surface area (TPSA) is 55.1 Å². The fourth-order valence-corrected chi connectivity index (χ4v) is 3.68. The summed E-state index contributed by atoms with van der Waals surface area (Å²) in [5.41, 5.74) is 5.19. The first-order valence-corrected chi connectivity index (χ1v) is 7.40. The third-order valence-corrected chi connectivity index (χ3v) is 5.11. The first-order chi connectivity index (χ1) is 7.65. The third kappa shape index (κ3) is 2.20. The molecule has 3 N–H and O–H groups in total. The lowest BCUT2D eigenvalue weighted by Gasteiger charge is -2.40. The third-order valence-electron chi connectivity index (χ3n) is 3.67. The normalized spacial score (nSPS) is 24.5. The van der Waals surface area contributed by atoms with Crippen LogP contribution in [-0.4, -0.2) is 28.4 Å². The van der Waals surface area contributed by atoms with E-state index in [0.29, 0.717) is 11.0 Å². The molecule has 1 aliphatic heterocycles. The van der Waals surface area contributed by atoms with E-state index >= 15 is 0 Å². The summed E-state index contributed by atoms with van der Waals surface area (Å²) < 4.78 is 0. The van der Waals surface area contributed by atoms with Gasteiger partial charge in [-0.15, -0.1) is 0 Å². The second kappa shape index (κ2) is 4.92. The van der Waals surface area contributed by atoms with Crippen molar-refractivity contribution in [2.24, 2.45) is 11.1 Å². The summed E-state index contributed by atoms with van der Waals surface area (Å²) in [5.74, 6) is 2.36. The molecule has 0 aromatic rings. The maximum Gasteiger partial charge on any atom is 0.233 e. The highest BCUT2D eigenvalue weighted by Crippen LogP contribution is 2.41. The van der Waals surface area contributed by atoms with E-state index in [-0.39, 0.29) is 5.91 Å². The van der Waals surface area contributed by atoms with Gasteiger partial charge in [-0.25, -0.2) is 0 Å². The van der Waals surface area contributed by atoms with E-state index in [2.05, 4.69) is 5.32 Å². The molecule has 5 heteroatoms. The van der Waals surface area contributed by atoms with Crippen molar-refractivity contribution in [3.05, 3.63) is 0 Å². The predicted octanol–water partition coefficient (Wildman–Crippen LogP) is 1.45. The second-order valence-electron chi connectivity index (χ2n) is 4.66. The monoisotopic (exact) mass is 258 g/mol. The van der Waals surface area contributed by atoms with Crippen molar-refractivity contribution in [1.29, 1.82) is 0 Å². The van der Waals surface area contributed by atoms with E-state index in [0.717, 1.165) is 43.6 Å². The molecule has 0 radical (unpaired) electrons. The van der Waals surface area contributed by atoms with Gasteiger partial charge in [-0.2, -0.15) is 11.8 Å². The lowest BCUT2D eigenvalue weighted by molar-refractivity contribution is -0.131. The number of nitrogens with two attached hydrogens (primary N) is 1. The molecular weight excluding hydrogens is 240 g/mol. The van der Waals surface area contributed by atoms with Crippen molar-refractivity contribution in [1.82, 2.24) is 5.32 Å². The number of carbonyl (C=O) groups is 1. The minimum Gasteiger partial charge on any atom is -0.392 e. The molecule has 2 fully saturated rings. The van der Waals surface area contributed by atoms with Crippen LogP contribution in [0.15, 0.2) is 0 Å². The molecule has 16 heavy (non-hydrogen) atoms. The van der Waals surface area contributed by atoms with Crippen LogP contribution in [0.2, 0.25) is 0 Å². The Kier molecular flexibility index (Phi) is 3.74. The summed E-state index contributed by atoms with van der Waals surface area (Å²) in [7, 11) is 0. The van der Waals surface area contributed by atoms with Crippen LogP contribution in [0, 0.1) is 5.41 Å². The standard InChI is InChI=1S/C11H18N2OS2/c12-9(15)11(4-1-5-11)10(14)13-8-2-6-16-7-3-8/h8H,1-7H2,(H2,12,15)(H,13,14). The SMILES string of the molecule is NC(=S)C1(C(=O)NC2CCSCC2)CCC1. The van der Waals surface area contributed by atoms with Crippen molar-refractivity contribution in [2.75, 3.05) is 11.5 Å². The Balaban J connectivity index is 1.93. The van der Waals surface area contributed by atoms with Crippen LogP contribution in [0.1, 0.15) is 32.1 Å². The minimum atomic E-state index is -0.514. The zero-order valence-electron chi connectivity index (χ0n) is 9.33. The summed E-state index contributed by atoms with van der Waals surface area (Å²) in [6, 6.07) is 0.334. The lowest BCUT2D eigenvalue weighted by Crippen LogP contribution is -2.55. The maximum absolute atomic E-state index is 12.2. The summed E-state index contributed by atoms with van der Waals surface area (Å²) in [6.07, 6.45) is 4.87. The zero-order chi connectivity index (χ0) is 11.6. The second-order valence-corrected chi connectivity index (χ2v) is 6.32. The number of thiocarbonyl (C=S) groups is 1. The summed E-state index contributed by atoms with van der Waals surface area (Å²) in [6.45, 7) is 0. The van der Waals surface area contributed by atoms with Gasteiger partial charge in [0.05, 0.1) is 10.4 Å². The number of rotatable bonds is 3. The van der Waals surface area contributed by atoms with Gasteiger partial charge in [-0.1, -0.05) is 18.6 Å². The van der Waals surface area contributed by atoms with E-state index in [1.165, 1.54) is 0 Å². The highest BCUT2D eigenvalue weighted by atomic mass is 32.2. The van der Waals surface area contributed by atoms with Gasteiger partial charge in [0.1, 0.15) is 0 Å². The fraction of sp³-hybridized carbons (Fsp3) is 0.818. The van der Waals surface area contributed by atoms with E-state index in [9.17, 15) is 4.79 Å². The highest BCUT2D eigenvalue weighted by molar-refractivity contribution is 7.99. The van der Waals surface area contributed by atoms with Crippen LogP contribution in [0.5, 0.6) is 0 Å². The molecular formula is C11H18N2OS2. The maximum atomic E-state index is 12.2. The van der Waals surface area contributed by atoms with Crippen LogP contribution in [0.25, 0.3) is 0 Å². The minimum absolute atomic E-state index is 0.0724. The molecule has 1 saturated carbocycles. The van der Waals surface area contributed by atoms with E-state index in [4.69, 9.17) is 18.0 Å². The lowest BCUT2D eigenvalue weighted by atomic mass is 9.68. The number of amides is 1. The molecule has 0 aromatic carbocycles. The number of nitrogens with one attached hydrogen (secondary N) is 1. The van der Waals surface area contributed by atoms with Crippen LogP contribution >= 0.6 is 24.0 Å².